The van der Waals surface area contributed by atoms with Crippen LogP contribution in [0, 0.1) is 6.92 Å². The zero-order valence-electron chi connectivity index (χ0n) is 8.92. The van der Waals surface area contributed by atoms with Gasteiger partial charge in [0.2, 0.25) is 5.91 Å². The van der Waals surface area contributed by atoms with Gasteiger partial charge in [0.15, 0.2) is 0 Å². The van der Waals surface area contributed by atoms with Gasteiger partial charge in [-0.3, -0.25) is 4.79 Å². The summed E-state index contributed by atoms with van der Waals surface area (Å²) in [7, 11) is 0. The number of benzene rings is 1. The highest BCUT2D eigenvalue weighted by molar-refractivity contribution is 5.81. The summed E-state index contributed by atoms with van der Waals surface area (Å²) in [6.07, 6.45) is 2.27. The van der Waals surface area contributed by atoms with Gasteiger partial charge in [0.05, 0.1) is 6.54 Å². The zero-order chi connectivity index (χ0) is 10.7. The molecule has 2 rings (SSSR count). The van der Waals surface area contributed by atoms with Gasteiger partial charge >= 0.3 is 0 Å². The molecule has 0 heterocycles. The second-order valence-corrected chi connectivity index (χ2v) is 4.06. The molecule has 0 aromatic heterocycles. The number of rotatable bonds is 4. The fourth-order valence-electron chi connectivity index (χ4n) is 1.44. The van der Waals surface area contributed by atoms with Gasteiger partial charge in [-0.2, -0.15) is 0 Å². The van der Waals surface area contributed by atoms with E-state index in [0.717, 1.165) is 18.5 Å². The Labute approximate surface area is 89.9 Å². The summed E-state index contributed by atoms with van der Waals surface area (Å²) >= 11 is 0. The molecule has 3 nitrogen and oxygen atoms in total. The molecule has 0 atom stereocenters. The van der Waals surface area contributed by atoms with Crippen LogP contribution in [0.3, 0.4) is 0 Å². The predicted molar refractivity (Wildman–Crippen MR) is 60.8 cm³/mol. The summed E-state index contributed by atoms with van der Waals surface area (Å²) in [6.45, 7) is 2.40. The Balaban J connectivity index is 1.78. The van der Waals surface area contributed by atoms with Crippen LogP contribution in [0.4, 0.5) is 5.69 Å². The van der Waals surface area contributed by atoms with Crippen molar-refractivity contribution in [1.29, 1.82) is 0 Å². The third kappa shape index (κ3) is 3.27. The van der Waals surface area contributed by atoms with Gasteiger partial charge < -0.3 is 10.6 Å². The monoisotopic (exact) mass is 204 g/mol. The molecule has 0 unspecified atom stereocenters. The number of amides is 1. The molecule has 0 saturated heterocycles. The molecule has 0 bridgehead atoms. The second-order valence-electron chi connectivity index (χ2n) is 4.06. The summed E-state index contributed by atoms with van der Waals surface area (Å²) in [4.78, 5) is 11.4. The minimum absolute atomic E-state index is 0.0824. The lowest BCUT2D eigenvalue weighted by molar-refractivity contribution is -0.119. The van der Waals surface area contributed by atoms with Crippen molar-refractivity contribution in [3.8, 4) is 0 Å². The highest BCUT2D eigenvalue weighted by atomic mass is 16.2. The Kier molecular flexibility index (Phi) is 2.90. The molecule has 3 heteroatoms. The minimum atomic E-state index is 0.0824. The first-order valence-electron chi connectivity index (χ1n) is 5.34. The van der Waals surface area contributed by atoms with Crippen molar-refractivity contribution < 1.29 is 4.79 Å². The molecule has 1 aromatic rings. The van der Waals surface area contributed by atoms with E-state index in [9.17, 15) is 4.79 Å². The summed E-state index contributed by atoms with van der Waals surface area (Å²) < 4.78 is 0. The molecule has 0 aliphatic heterocycles. The molecule has 0 spiro atoms. The molecule has 1 aromatic carbocycles. The Hall–Kier alpha value is -1.51. The SMILES string of the molecule is Cc1cccc(NCC(=O)NC2CC2)c1. The summed E-state index contributed by atoms with van der Waals surface area (Å²) in [5.41, 5.74) is 2.20. The lowest BCUT2D eigenvalue weighted by atomic mass is 10.2. The molecule has 1 fully saturated rings. The first-order valence-corrected chi connectivity index (χ1v) is 5.34. The largest absolute Gasteiger partial charge is 0.376 e. The van der Waals surface area contributed by atoms with Crippen molar-refractivity contribution in [3.05, 3.63) is 29.8 Å². The highest BCUT2D eigenvalue weighted by Gasteiger charge is 2.22. The van der Waals surface area contributed by atoms with E-state index < -0.39 is 0 Å². The molecule has 80 valence electrons. The van der Waals surface area contributed by atoms with Crippen LogP contribution in [-0.2, 0) is 4.79 Å². The van der Waals surface area contributed by atoms with E-state index in [0.29, 0.717) is 12.6 Å². The first kappa shape index (κ1) is 10.0. The van der Waals surface area contributed by atoms with Crippen molar-refractivity contribution in [2.75, 3.05) is 11.9 Å². The molecular weight excluding hydrogens is 188 g/mol. The van der Waals surface area contributed by atoms with Gasteiger partial charge in [0.1, 0.15) is 0 Å². The number of aryl methyl sites for hydroxylation is 1. The van der Waals surface area contributed by atoms with Gasteiger partial charge in [-0.25, -0.2) is 0 Å². The lowest BCUT2D eigenvalue weighted by Gasteiger charge is -2.07. The van der Waals surface area contributed by atoms with Gasteiger partial charge in [-0.1, -0.05) is 12.1 Å². The number of nitrogens with one attached hydrogen (secondary N) is 2. The maximum atomic E-state index is 11.4. The van der Waals surface area contributed by atoms with Crippen LogP contribution in [0.25, 0.3) is 0 Å². The Morgan fingerprint density at radius 1 is 1.47 bits per heavy atom. The van der Waals surface area contributed by atoms with Crippen LogP contribution in [0.15, 0.2) is 24.3 Å². The van der Waals surface area contributed by atoms with Crippen molar-refractivity contribution in [1.82, 2.24) is 5.32 Å². The minimum Gasteiger partial charge on any atom is -0.376 e. The first-order chi connectivity index (χ1) is 7.24. The van der Waals surface area contributed by atoms with E-state index in [1.54, 1.807) is 0 Å². The number of anilines is 1. The zero-order valence-corrected chi connectivity index (χ0v) is 8.92. The fourth-order valence-corrected chi connectivity index (χ4v) is 1.44. The Morgan fingerprint density at radius 3 is 2.93 bits per heavy atom. The summed E-state index contributed by atoms with van der Waals surface area (Å²) in [5.74, 6) is 0.0824. The number of hydrogen-bond donors (Lipinski definition) is 2. The standard InChI is InChI=1S/C12H16N2O/c1-9-3-2-4-11(7-9)13-8-12(15)14-10-5-6-10/h2-4,7,10,13H,5-6,8H2,1H3,(H,14,15). The third-order valence-corrected chi connectivity index (χ3v) is 2.41. The maximum absolute atomic E-state index is 11.4. The topological polar surface area (TPSA) is 41.1 Å². The van der Waals surface area contributed by atoms with Crippen molar-refractivity contribution in [2.45, 2.75) is 25.8 Å². The van der Waals surface area contributed by atoms with Crippen molar-refractivity contribution >= 4 is 11.6 Å². The van der Waals surface area contributed by atoms with Gasteiger partial charge in [0.25, 0.3) is 0 Å². The van der Waals surface area contributed by atoms with E-state index in [4.69, 9.17) is 0 Å². The summed E-state index contributed by atoms with van der Waals surface area (Å²) in [6, 6.07) is 8.46. The fraction of sp³-hybridized carbons (Fsp3) is 0.417. The molecule has 1 saturated carbocycles. The van der Waals surface area contributed by atoms with Crippen LogP contribution in [0.5, 0.6) is 0 Å². The van der Waals surface area contributed by atoms with Crippen LogP contribution in [0.1, 0.15) is 18.4 Å². The van der Waals surface area contributed by atoms with Crippen LogP contribution in [-0.4, -0.2) is 18.5 Å². The quantitative estimate of drug-likeness (QED) is 0.783. The molecule has 0 radical (unpaired) electrons. The van der Waals surface area contributed by atoms with Crippen molar-refractivity contribution in [2.24, 2.45) is 0 Å². The molecule has 15 heavy (non-hydrogen) atoms. The number of carbonyl (C=O) groups excluding carboxylic acids is 1. The van der Waals surface area contributed by atoms with E-state index in [-0.39, 0.29) is 5.91 Å². The van der Waals surface area contributed by atoms with Crippen LogP contribution >= 0.6 is 0 Å². The van der Waals surface area contributed by atoms with Gasteiger partial charge in [-0.05, 0) is 37.5 Å². The smallest absolute Gasteiger partial charge is 0.239 e. The van der Waals surface area contributed by atoms with E-state index >= 15 is 0 Å². The number of hydrogen-bond acceptors (Lipinski definition) is 2. The van der Waals surface area contributed by atoms with Gasteiger partial charge in [0, 0.05) is 11.7 Å². The average Bonchev–Trinajstić information content (AvgIpc) is 2.99. The maximum Gasteiger partial charge on any atom is 0.239 e. The average molecular weight is 204 g/mol. The third-order valence-electron chi connectivity index (χ3n) is 2.41. The Bertz CT molecular complexity index is 358. The van der Waals surface area contributed by atoms with Crippen LogP contribution < -0.4 is 10.6 Å². The molecule has 1 aliphatic rings. The lowest BCUT2D eigenvalue weighted by Crippen LogP contribution is -2.31. The van der Waals surface area contributed by atoms with E-state index in [2.05, 4.69) is 10.6 Å². The normalized spacial score (nSPS) is 14.7. The van der Waals surface area contributed by atoms with E-state index in [1.165, 1.54) is 5.56 Å². The molecule has 1 aliphatic carbocycles. The number of carbonyl (C=O) groups is 1. The van der Waals surface area contributed by atoms with Gasteiger partial charge in [-0.15, -0.1) is 0 Å². The molecular formula is C12H16N2O. The highest BCUT2D eigenvalue weighted by Crippen LogP contribution is 2.18. The van der Waals surface area contributed by atoms with Crippen LogP contribution in [0.2, 0.25) is 0 Å². The second kappa shape index (κ2) is 4.34. The molecule has 2 N–H and O–H groups in total. The van der Waals surface area contributed by atoms with E-state index in [1.807, 2.05) is 31.2 Å². The Morgan fingerprint density at radius 2 is 2.27 bits per heavy atom. The predicted octanol–water partition coefficient (Wildman–Crippen LogP) is 1.69. The van der Waals surface area contributed by atoms with Crippen molar-refractivity contribution in [3.63, 3.8) is 0 Å². The molecule has 1 amide bonds. The summed E-state index contributed by atoms with van der Waals surface area (Å²) in [5, 5.41) is 6.04.